The molecule has 0 aliphatic heterocycles. The molecule has 0 unspecified atom stereocenters. The van der Waals surface area contributed by atoms with Crippen LogP contribution in [-0.2, 0) is 36.2 Å². The molecule has 264 valence electrons. The van der Waals surface area contributed by atoms with Crippen LogP contribution in [0, 0.1) is 27.7 Å². The van der Waals surface area contributed by atoms with Crippen molar-refractivity contribution in [2.24, 2.45) is 0 Å². The molecule has 0 fully saturated rings. The molecule has 0 bridgehead atoms. The number of fused-ring (bicyclic) bond motifs is 2. The van der Waals surface area contributed by atoms with Gasteiger partial charge in [-0.3, -0.25) is 0 Å². The van der Waals surface area contributed by atoms with Crippen molar-refractivity contribution in [3.05, 3.63) is 142 Å². The molecule has 0 saturated heterocycles. The van der Waals surface area contributed by atoms with Gasteiger partial charge in [0.1, 0.15) is 0 Å². The minimum absolute atomic E-state index is 0.164. The number of hydrogen-bond acceptors (Lipinski definition) is 2. The summed E-state index contributed by atoms with van der Waals surface area (Å²) in [6, 6.07) is 33.6. The largest absolute Gasteiger partial charge is 0.872 e. The first-order valence-electron chi connectivity index (χ1n) is 18.0. The van der Waals surface area contributed by atoms with Gasteiger partial charge in [0.25, 0.3) is 0 Å². The fourth-order valence-electron chi connectivity index (χ4n) is 5.66. The summed E-state index contributed by atoms with van der Waals surface area (Å²) in [5.41, 5.74) is 9.38. The van der Waals surface area contributed by atoms with Crippen LogP contribution < -0.4 is 10.2 Å². The van der Waals surface area contributed by atoms with E-state index in [1.54, 1.807) is 23.3 Å². The fourth-order valence-corrected chi connectivity index (χ4v) is 5.66. The molecule has 0 N–H and O–H groups in total. The summed E-state index contributed by atoms with van der Waals surface area (Å²) in [6.45, 7) is 25.4. The minimum Gasteiger partial charge on any atom is -0.872 e. The average Bonchev–Trinajstić information content (AvgIpc) is 3.70. The third kappa shape index (κ3) is 13.2. The predicted octanol–water partition coefficient (Wildman–Crippen LogP) is 12.0. The molecular formula is C46H58O2SiZr-2. The SMILES string of the molecule is CCc1cc2c(C(C)C)cccc2[cH-]1.CCc1cc2c(C(C)C)cccc2[cH-]1.C[Si](C)=[Zr+2].Cc1cccc(C)c1[O-].Cc1cccc(C)c1[O-]. The van der Waals surface area contributed by atoms with Gasteiger partial charge in [-0.05, 0) is 52.4 Å². The standard InChI is InChI=1S/2C14H17.2C8H10O.C2H6Si.Zr/c2*1-4-11-8-12-6-5-7-13(10(2)3)14(12)9-11;2*1-6-4-3-5-7(2)8(6)9;1-3-2;/h2*5-10H,4H2,1-3H3;2*3-5,9H,1-2H3;1-2H3;/q2*-1;;;;+2/p-2. The van der Waals surface area contributed by atoms with Crippen LogP contribution in [0.2, 0.25) is 13.1 Å². The second kappa shape index (κ2) is 21.2. The maximum atomic E-state index is 11.0. The molecular weight excluding hydrogens is 704 g/mol. The first kappa shape index (κ1) is 43.0. The maximum absolute atomic E-state index is 11.0. The summed E-state index contributed by atoms with van der Waals surface area (Å²) in [7, 11) is 0. The van der Waals surface area contributed by atoms with Gasteiger partial charge in [0, 0.05) is 0 Å². The van der Waals surface area contributed by atoms with E-state index in [0.29, 0.717) is 11.8 Å². The van der Waals surface area contributed by atoms with E-state index in [9.17, 15) is 10.2 Å². The molecule has 0 saturated carbocycles. The Balaban J connectivity index is 0.000000227. The molecule has 0 amide bonds. The van der Waals surface area contributed by atoms with Gasteiger partial charge in [0.15, 0.2) is 0 Å². The summed E-state index contributed by atoms with van der Waals surface area (Å²) in [5.74, 6) is 1.56. The van der Waals surface area contributed by atoms with Crippen molar-refractivity contribution in [1.82, 2.24) is 0 Å². The van der Waals surface area contributed by atoms with Gasteiger partial charge in [-0.25, -0.2) is 0 Å². The molecule has 0 aliphatic carbocycles. The van der Waals surface area contributed by atoms with Crippen LogP contribution in [0.25, 0.3) is 21.5 Å². The normalized spacial score (nSPS) is 10.4. The van der Waals surface area contributed by atoms with Gasteiger partial charge in [-0.15, -0.1) is 80.6 Å². The second-order valence-corrected chi connectivity index (χ2v) is 23.3. The molecule has 0 spiro atoms. The topological polar surface area (TPSA) is 46.1 Å². The summed E-state index contributed by atoms with van der Waals surface area (Å²) in [4.78, 5) is 0. The van der Waals surface area contributed by atoms with Crippen LogP contribution in [0.3, 0.4) is 0 Å². The van der Waals surface area contributed by atoms with Gasteiger partial charge in [0.2, 0.25) is 0 Å². The zero-order valence-electron chi connectivity index (χ0n) is 32.6. The van der Waals surface area contributed by atoms with Crippen molar-refractivity contribution in [1.29, 1.82) is 0 Å². The number of benzene rings is 4. The van der Waals surface area contributed by atoms with E-state index in [0.717, 1.165) is 35.1 Å². The molecule has 4 heteroatoms. The zero-order chi connectivity index (χ0) is 37.5. The van der Waals surface area contributed by atoms with Crippen LogP contribution in [0.15, 0.2) is 97.1 Å². The van der Waals surface area contributed by atoms with E-state index >= 15 is 0 Å². The Kier molecular flexibility index (Phi) is 18.2. The predicted molar refractivity (Wildman–Crippen MR) is 214 cm³/mol. The van der Waals surface area contributed by atoms with Crippen molar-refractivity contribution in [3.63, 3.8) is 0 Å². The third-order valence-corrected chi connectivity index (χ3v) is 8.57. The van der Waals surface area contributed by atoms with Crippen molar-refractivity contribution in [2.75, 3.05) is 0 Å². The number of hydrogen-bond donors (Lipinski definition) is 0. The van der Waals surface area contributed by atoms with Crippen LogP contribution in [0.5, 0.6) is 11.5 Å². The second-order valence-electron chi connectivity index (χ2n) is 13.9. The average molecular weight is 762 g/mol. The van der Waals surface area contributed by atoms with E-state index in [1.165, 1.54) is 43.8 Å². The molecule has 0 radical (unpaired) electrons. The Morgan fingerprint density at radius 3 is 1.08 bits per heavy atom. The van der Waals surface area contributed by atoms with E-state index in [2.05, 4.69) is 115 Å². The van der Waals surface area contributed by atoms with Crippen LogP contribution >= 0.6 is 0 Å². The Bertz CT molecular complexity index is 1760. The van der Waals surface area contributed by atoms with E-state index in [4.69, 9.17) is 0 Å². The van der Waals surface area contributed by atoms with E-state index < -0.39 is 0 Å². The van der Waals surface area contributed by atoms with Crippen LogP contribution in [0.1, 0.15) is 97.9 Å². The summed E-state index contributed by atoms with van der Waals surface area (Å²) >= 11 is 1.74. The smallest absolute Gasteiger partial charge is 0.0404 e. The first-order chi connectivity index (χ1) is 23.6. The molecule has 0 aromatic heterocycles. The summed E-state index contributed by atoms with van der Waals surface area (Å²) < 4.78 is 0. The van der Waals surface area contributed by atoms with Crippen molar-refractivity contribution >= 4 is 27.0 Å². The monoisotopic (exact) mass is 760 g/mol. The molecule has 6 rings (SSSR count). The molecule has 6 aromatic carbocycles. The summed E-state index contributed by atoms with van der Waals surface area (Å²) in [6.07, 6.45) is 2.26. The Morgan fingerprint density at radius 2 is 0.840 bits per heavy atom. The van der Waals surface area contributed by atoms with Crippen LogP contribution in [0.4, 0.5) is 0 Å². The number of rotatable bonds is 4. The first-order valence-corrected chi connectivity index (χ1v) is 24.1. The number of para-hydroxylation sites is 2. The molecule has 0 atom stereocenters. The quantitative estimate of drug-likeness (QED) is 0.133. The maximum Gasteiger partial charge on any atom is -0.0404 e. The van der Waals surface area contributed by atoms with Gasteiger partial charge in [0.05, 0.1) is 0 Å². The van der Waals surface area contributed by atoms with Crippen molar-refractivity contribution < 1.29 is 33.5 Å². The number of aryl methyl sites for hydroxylation is 6. The Hall–Kier alpha value is -3.20. The summed E-state index contributed by atoms with van der Waals surface area (Å²) in [5, 5.41) is 27.6. The minimum atomic E-state index is 0.164. The molecule has 6 aromatic rings. The van der Waals surface area contributed by atoms with Crippen LogP contribution in [-0.4, -0.2) is 5.43 Å². The van der Waals surface area contributed by atoms with Gasteiger partial charge < -0.3 is 10.2 Å². The Labute approximate surface area is 318 Å². The molecule has 0 heterocycles. The third-order valence-electron chi connectivity index (χ3n) is 8.57. The Morgan fingerprint density at radius 1 is 0.560 bits per heavy atom. The molecule has 0 aliphatic rings. The fraction of sp³-hybridized carbons (Fsp3) is 0.348. The van der Waals surface area contributed by atoms with Gasteiger partial charge in [-0.1, -0.05) is 123 Å². The van der Waals surface area contributed by atoms with Crippen molar-refractivity contribution in [3.8, 4) is 11.5 Å². The molecule has 2 nitrogen and oxygen atoms in total. The van der Waals surface area contributed by atoms with Gasteiger partial charge >= 0.3 is 41.9 Å². The molecule has 50 heavy (non-hydrogen) atoms. The van der Waals surface area contributed by atoms with E-state index in [-0.39, 0.29) is 16.9 Å². The van der Waals surface area contributed by atoms with E-state index in [1.807, 2.05) is 64.1 Å². The zero-order valence-corrected chi connectivity index (χ0v) is 36.1. The van der Waals surface area contributed by atoms with Crippen molar-refractivity contribution in [2.45, 2.75) is 107 Å². The van der Waals surface area contributed by atoms with Gasteiger partial charge in [-0.2, -0.15) is 12.1 Å².